The van der Waals surface area contributed by atoms with Crippen molar-refractivity contribution < 1.29 is 0 Å². The number of hydrogen-bond donors (Lipinski definition) is 0. The largest absolute Gasteiger partial charge is 0.192 e. The van der Waals surface area contributed by atoms with Crippen LogP contribution in [0, 0.1) is 23.2 Å². The molecule has 0 saturated heterocycles. The molecule has 0 amide bonds. The van der Waals surface area contributed by atoms with E-state index in [0.29, 0.717) is 0 Å². The third kappa shape index (κ3) is 2.11. The number of rotatable bonds is 1. The van der Waals surface area contributed by atoms with Crippen LogP contribution in [-0.2, 0) is 6.42 Å². The van der Waals surface area contributed by atoms with E-state index < -0.39 is 0 Å². The monoisotopic (exact) mass is 161 g/mol. The van der Waals surface area contributed by atoms with Crippen molar-refractivity contribution in [3.05, 3.63) is 21.9 Å². The normalized spacial score (nSPS) is 8.00. The molecule has 2 heteroatoms. The van der Waals surface area contributed by atoms with Crippen molar-refractivity contribution in [2.24, 2.45) is 0 Å². The molecule has 1 aromatic heterocycles. The maximum absolute atomic E-state index is 8.50. The molecule has 0 spiro atoms. The van der Waals surface area contributed by atoms with Gasteiger partial charge in [0.05, 0.1) is 0 Å². The molecule has 0 fully saturated rings. The Labute approximate surface area is 70.3 Å². The highest BCUT2D eigenvalue weighted by Gasteiger charge is 1.95. The molecule has 0 radical (unpaired) electrons. The van der Waals surface area contributed by atoms with Gasteiger partial charge in [-0.1, -0.05) is 5.92 Å². The van der Waals surface area contributed by atoms with Crippen molar-refractivity contribution in [1.82, 2.24) is 0 Å². The first-order valence-electron chi connectivity index (χ1n) is 3.25. The van der Waals surface area contributed by atoms with Crippen molar-refractivity contribution in [2.45, 2.75) is 13.3 Å². The summed E-state index contributed by atoms with van der Waals surface area (Å²) in [6, 6.07) is 5.88. The van der Waals surface area contributed by atoms with Gasteiger partial charge in [0, 0.05) is 11.3 Å². The highest BCUT2D eigenvalue weighted by molar-refractivity contribution is 7.12. The molecule has 1 nitrogen and oxygen atoms in total. The highest BCUT2D eigenvalue weighted by atomic mass is 32.1. The molecule has 0 saturated carbocycles. The van der Waals surface area contributed by atoms with E-state index in [9.17, 15) is 0 Å². The summed E-state index contributed by atoms with van der Waals surface area (Å²) in [6.07, 6.45) is 0.767. The van der Waals surface area contributed by atoms with E-state index >= 15 is 0 Å². The van der Waals surface area contributed by atoms with Crippen LogP contribution in [0.25, 0.3) is 0 Å². The first kappa shape index (κ1) is 7.85. The summed E-state index contributed by atoms with van der Waals surface area (Å²) in [4.78, 5) is 1.92. The molecule has 0 aliphatic rings. The van der Waals surface area contributed by atoms with Crippen LogP contribution in [0.2, 0.25) is 0 Å². The fraction of sp³-hybridized carbons (Fsp3) is 0.222. The van der Waals surface area contributed by atoms with Crippen molar-refractivity contribution in [3.63, 3.8) is 0 Å². The van der Waals surface area contributed by atoms with Crippen LogP contribution in [0.15, 0.2) is 12.1 Å². The molecule has 0 aliphatic carbocycles. The molecule has 11 heavy (non-hydrogen) atoms. The predicted molar refractivity (Wildman–Crippen MR) is 46.2 cm³/mol. The van der Waals surface area contributed by atoms with Crippen molar-refractivity contribution in [1.29, 1.82) is 5.26 Å². The maximum Gasteiger partial charge on any atom is 0.110 e. The van der Waals surface area contributed by atoms with E-state index in [2.05, 4.69) is 17.9 Å². The average molecular weight is 161 g/mol. The molecule has 0 atom stereocenters. The summed E-state index contributed by atoms with van der Waals surface area (Å²) in [5, 5.41) is 8.50. The van der Waals surface area contributed by atoms with Gasteiger partial charge in [0.1, 0.15) is 10.9 Å². The van der Waals surface area contributed by atoms with Gasteiger partial charge in [-0.15, -0.1) is 17.3 Å². The Morgan fingerprint density at radius 1 is 1.55 bits per heavy atom. The number of thiophene rings is 1. The fourth-order valence-electron chi connectivity index (χ4n) is 0.709. The van der Waals surface area contributed by atoms with E-state index in [-0.39, 0.29) is 0 Å². The topological polar surface area (TPSA) is 23.8 Å². The SMILES string of the molecule is CC#CCc1ccc(C#N)s1. The third-order valence-electron chi connectivity index (χ3n) is 1.21. The predicted octanol–water partition coefficient (Wildman–Crippen LogP) is 2.19. The minimum atomic E-state index is 0.762. The fourth-order valence-corrected chi connectivity index (χ4v) is 1.45. The quantitative estimate of drug-likeness (QED) is 0.579. The smallest absolute Gasteiger partial charge is 0.110 e. The van der Waals surface area contributed by atoms with Crippen molar-refractivity contribution in [3.8, 4) is 17.9 Å². The lowest BCUT2D eigenvalue weighted by Gasteiger charge is -1.80. The van der Waals surface area contributed by atoms with Crippen LogP contribution >= 0.6 is 11.3 Å². The van der Waals surface area contributed by atoms with E-state index in [1.165, 1.54) is 11.3 Å². The van der Waals surface area contributed by atoms with Crippen LogP contribution in [-0.4, -0.2) is 0 Å². The maximum atomic E-state index is 8.50. The molecule has 0 aliphatic heterocycles. The van der Waals surface area contributed by atoms with E-state index in [4.69, 9.17) is 5.26 Å². The van der Waals surface area contributed by atoms with Gasteiger partial charge in [-0.05, 0) is 19.1 Å². The van der Waals surface area contributed by atoms with Gasteiger partial charge in [0.2, 0.25) is 0 Å². The molecule has 0 N–H and O–H groups in total. The summed E-state index contributed by atoms with van der Waals surface area (Å²) in [6.45, 7) is 1.82. The average Bonchev–Trinajstić information content (AvgIpc) is 2.48. The Morgan fingerprint density at radius 3 is 2.91 bits per heavy atom. The van der Waals surface area contributed by atoms with Crippen LogP contribution in [0.5, 0.6) is 0 Å². The first-order chi connectivity index (χ1) is 5.36. The summed E-state index contributed by atoms with van der Waals surface area (Å²) in [7, 11) is 0. The molecule has 54 valence electrons. The van der Waals surface area contributed by atoms with Crippen molar-refractivity contribution in [2.75, 3.05) is 0 Å². The number of nitriles is 1. The van der Waals surface area contributed by atoms with Gasteiger partial charge < -0.3 is 0 Å². The first-order valence-corrected chi connectivity index (χ1v) is 4.07. The van der Waals surface area contributed by atoms with Gasteiger partial charge in [0.25, 0.3) is 0 Å². The molecular formula is C9H7NS. The molecule has 1 aromatic rings. The summed E-state index contributed by atoms with van der Waals surface area (Å²) in [5.74, 6) is 5.77. The second-order valence-electron chi connectivity index (χ2n) is 1.98. The Hall–Kier alpha value is -1.25. The summed E-state index contributed by atoms with van der Waals surface area (Å²) < 4.78 is 0. The van der Waals surface area contributed by atoms with Gasteiger partial charge >= 0.3 is 0 Å². The lowest BCUT2D eigenvalue weighted by molar-refractivity contribution is 1.41. The van der Waals surface area contributed by atoms with Crippen LogP contribution < -0.4 is 0 Å². The molecule has 0 bridgehead atoms. The minimum Gasteiger partial charge on any atom is -0.192 e. The number of hydrogen-bond acceptors (Lipinski definition) is 2. The van der Waals surface area contributed by atoms with Crippen LogP contribution in [0.3, 0.4) is 0 Å². The lowest BCUT2D eigenvalue weighted by Crippen LogP contribution is -1.69. The molecule has 1 rings (SSSR count). The summed E-state index contributed by atoms with van der Waals surface area (Å²) in [5.41, 5.74) is 0. The molecular weight excluding hydrogens is 154 g/mol. The Bertz CT molecular complexity index is 332. The molecule has 1 heterocycles. The van der Waals surface area contributed by atoms with E-state index in [0.717, 1.165) is 16.2 Å². The highest BCUT2D eigenvalue weighted by Crippen LogP contribution is 2.14. The second kappa shape index (κ2) is 3.81. The second-order valence-corrected chi connectivity index (χ2v) is 3.15. The third-order valence-corrected chi connectivity index (χ3v) is 2.20. The Balaban J connectivity index is 2.72. The van der Waals surface area contributed by atoms with Crippen molar-refractivity contribution >= 4 is 11.3 Å². The standard InChI is InChI=1S/C9H7NS/c1-2-3-4-8-5-6-9(7-10)11-8/h5-6H,4H2,1H3. The Morgan fingerprint density at radius 2 is 2.36 bits per heavy atom. The summed E-state index contributed by atoms with van der Waals surface area (Å²) >= 11 is 1.51. The van der Waals surface area contributed by atoms with E-state index in [1.807, 2.05) is 19.1 Å². The van der Waals surface area contributed by atoms with Gasteiger partial charge in [-0.3, -0.25) is 0 Å². The molecule has 0 aromatic carbocycles. The van der Waals surface area contributed by atoms with Gasteiger partial charge in [-0.25, -0.2) is 0 Å². The van der Waals surface area contributed by atoms with Gasteiger partial charge in [-0.2, -0.15) is 5.26 Å². The zero-order valence-corrected chi connectivity index (χ0v) is 7.03. The molecule has 0 unspecified atom stereocenters. The Kier molecular flexibility index (Phi) is 2.72. The van der Waals surface area contributed by atoms with E-state index in [1.54, 1.807) is 0 Å². The zero-order valence-electron chi connectivity index (χ0n) is 6.22. The van der Waals surface area contributed by atoms with Gasteiger partial charge in [0.15, 0.2) is 0 Å². The zero-order chi connectivity index (χ0) is 8.10. The number of nitrogens with zero attached hydrogens (tertiary/aromatic N) is 1. The lowest BCUT2D eigenvalue weighted by atomic mass is 10.3. The van der Waals surface area contributed by atoms with Crippen LogP contribution in [0.1, 0.15) is 16.7 Å². The minimum absolute atomic E-state index is 0.762. The van der Waals surface area contributed by atoms with Crippen LogP contribution in [0.4, 0.5) is 0 Å².